The molecule has 33 heavy (non-hydrogen) atoms. The van der Waals surface area contributed by atoms with Crippen LogP contribution in [0, 0.1) is 0 Å². The first-order chi connectivity index (χ1) is 15.9. The van der Waals surface area contributed by atoms with E-state index in [9.17, 15) is 9.59 Å². The summed E-state index contributed by atoms with van der Waals surface area (Å²) in [5.41, 5.74) is 1.18. The van der Waals surface area contributed by atoms with E-state index in [1.54, 1.807) is 67.6 Å². The van der Waals surface area contributed by atoms with Crippen LogP contribution in [0.2, 0.25) is 10.0 Å². The van der Waals surface area contributed by atoms with Crippen LogP contribution in [0.3, 0.4) is 0 Å². The Hall–Kier alpha value is -2.80. The van der Waals surface area contributed by atoms with Crippen molar-refractivity contribution in [2.24, 2.45) is 0 Å². The molecule has 0 radical (unpaired) electrons. The quantitative estimate of drug-likeness (QED) is 0.237. The van der Waals surface area contributed by atoms with Crippen molar-refractivity contribution in [2.75, 3.05) is 6.61 Å². The zero-order valence-electron chi connectivity index (χ0n) is 17.4. The van der Waals surface area contributed by atoms with E-state index in [1.165, 1.54) is 0 Å². The molecular weight excluding hydrogens is 531 g/mol. The molecule has 0 spiro atoms. The Morgan fingerprint density at radius 2 is 1.73 bits per heavy atom. The lowest BCUT2D eigenvalue weighted by atomic mass is 10.0. The first-order valence-electron chi connectivity index (χ1n) is 9.98. The average molecular weight is 548 g/mol. The molecule has 1 aromatic heterocycles. The molecule has 168 valence electrons. The number of esters is 1. The fourth-order valence-electron chi connectivity index (χ4n) is 3.31. The highest BCUT2D eigenvalue weighted by Gasteiger charge is 2.23. The number of ether oxygens (including phenoxy) is 2. The van der Waals surface area contributed by atoms with E-state index in [0.717, 1.165) is 4.47 Å². The second-order valence-corrected chi connectivity index (χ2v) is 8.74. The number of hydrogen-bond donors (Lipinski definition) is 0. The van der Waals surface area contributed by atoms with Gasteiger partial charge in [0.2, 0.25) is 11.2 Å². The Morgan fingerprint density at radius 3 is 2.39 bits per heavy atom. The Morgan fingerprint density at radius 1 is 1.03 bits per heavy atom. The Kier molecular flexibility index (Phi) is 7.08. The zero-order valence-corrected chi connectivity index (χ0v) is 20.5. The van der Waals surface area contributed by atoms with Gasteiger partial charge in [-0.1, -0.05) is 57.3 Å². The summed E-state index contributed by atoms with van der Waals surface area (Å²) in [6.07, 6.45) is 0. The van der Waals surface area contributed by atoms with Gasteiger partial charge in [0.05, 0.1) is 17.6 Å². The highest BCUT2D eigenvalue weighted by Crippen LogP contribution is 2.30. The summed E-state index contributed by atoms with van der Waals surface area (Å²) in [5.74, 6) is -0.459. The van der Waals surface area contributed by atoms with Crippen LogP contribution in [0.1, 0.15) is 23.0 Å². The second kappa shape index (κ2) is 10.00. The van der Waals surface area contributed by atoms with Crippen LogP contribution in [0.4, 0.5) is 0 Å². The summed E-state index contributed by atoms with van der Waals surface area (Å²) < 4.78 is 17.7. The Labute approximate surface area is 208 Å². The molecule has 8 heteroatoms. The van der Waals surface area contributed by atoms with Crippen molar-refractivity contribution in [1.82, 2.24) is 0 Å². The van der Waals surface area contributed by atoms with Crippen molar-refractivity contribution >= 4 is 56.1 Å². The van der Waals surface area contributed by atoms with Crippen LogP contribution in [0.5, 0.6) is 5.75 Å². The normalized spacial score (nSPS) is 10.9. The SMILES string of the molecule is CCOC(=O)c1oc2cc(OCc3c(Cl)cccc3Cl)ccc2c(=O)c1-c1ccc(Br)cc1. The maximum atomic E-state index is 13.4. The highest BCUT2D eigenvalue weighted by atomic mass is 79.9. The van der Waals surface area contributed by atoms with E-state index in [-0.39, 0.29) is 35.5 Å². The number of carbonyl (C=O) groups is 1. The molecule has 1 heterocycles. The zero-order chi connectivity index (χ0) is 23.5. The van der Waals surface area contributed by atoms with Crippen LogP contribution in [-0.4, -0.2) is 12.6 Å². The first-order valence-corrected chi connectivity index (χ1v) is 11.5. The lowest BCUT2D eigenvalue weighted by Crippen LogP contribution is -2.15. The molecule has 0 unspecified atom stereocenters. The van der Waals surface area contributed by atoms with Crippen LogP contribution < -0.4 is 10.2 Å². The summed E-state index contributed by atoms with van der Waals surface area (Å²) in [6.45, 7) is 1.94. The number of carbonyl (C=O) groups excluding carboxylic acids is 1. The van der Waals surface area contributed by atoms with Gasteiger partial charge in [-0.25, -0.2) is 4.79 Å². The summed E-state index contributed by atoms with van der Waals surface area (Å²) in [4.78, 5) is 26.0. The first kappa shape index (κ1) is 23.4. The van der Waals surface area contributed by atoms with E-state index in [0.29, 0.717) is 32.3 Å². The Bertz CT molecular complexity index is 1380. The molecule has 0 fully saturated rings. The van der Waals surface area contributed by atoms with E-state index in [2.05, 4.69) is 15.9 Å². The van der Waals surface area contributed by atoms with Gasteiger partial charge in [0, 0.05) is 26.1 Å². The van der Waals surface area contributed by atoms with Gasteiger partial charge in [0.25, 0.3) is 0 Å². The molecule has 0 aliphatic carbocycles. The highest BCUT2D eigenvalue weighted by molar-refractivity contribution is 9.10. The summed E-state index contributed by atoms with van der Waals surface area (Å²) in [6, 6.07) is 17.0. The van der Waals surface area contributed by atoms with E-state index in [1.807, 2.05) is 0 Å². The number of benzene rings is 3. The molecule has 0 saturated heterocycles. The standard InChI is InChI=1S/C25H17BrCl2O5/c1-2-31-25(30)24-22(14-6-8-15(26)9-7-14)23(29)17-11-10-16(12-21(17)33-24)32-13-18-19(27)4-3-5-20(18)28/h3-12H,2,13H2,1H3. The van der Waals surface area contributed by atoms with Crippen LogP contribution in [-0.2, 0) is 11.3 Å². The van der Waals surface area contributed by atoms with Crippen molar-refractivity contribution in [2.45, 2.75) is 13.5 Å². The number of hydrogen-bond acceptors (Lipinski definition) is 5. The van der Waals surface area contributed by atoms with Gasteiger partial charge in [-0.3, -0.25) is 4.79 Å². The fraction of sp³-hybridized carbons (Fsp3) is 0.120. The van der Waals surface area contributed by atoms with Crippen LogP contribution in [0.25, 0.3) is 22.1 Å². The van der Waals surface area contributed by atoms with E-state index < -0.39 is 5.97 Å². The molecule has 0 saturated carbocycles. The second-order valence-electron chi connectivity index (χ2n) is 7.01. The van der Waals surface area contributed by atoms with Crippen molar-refractivity contribution in [3.63, 3.8) is 0 Å². The van der Waals surface area contributed by atoms with E-state index >= 15 is 0 Å². The van der Waals surface area contributed by atoms with Gasteiger partial charge < -0.3 is 13.9 Å². The molecule has 3 aromatic carbocycles. The van der Waals surface area contributed by atoms with Gasteiger partial charge in [-0.05, 0) is 48.9 Å². The summed E-state index contributed by atoms with van der Waals surface area (Å²) in [7, 11) is 0. The minimum absolute atomic E-state index is 0.121. The van der Waals surface area contributed by atoms with Crippen LogP contribution in [0.15, 0.2) is 74.3 Å². The fourth-order valence-corrected chi connectivity index (χ4v) is 4.08. The molecule has 0 N–H and O–H groups in total. The molecule has 4 rings (SSSR count). The smallest absolute Gasteiger partial charge is 0.375 e. The topological polar surface area (TPSA) is 65.7 Å². The third-order valence-corrected chi connectivity index (χ3v) is 6.14. The summed E-state index contributed by atoms with van der Waals surface area (Å²) in [5, 5.41) is 1.28. The Balaban J connectivity index is 1.78. The molecule has 0 atom stereocenters. The van der Waals surface area contributed by atoms with Gasteiger partial charge in [0.1, 0.15) is 17.9 Å². The maximum absolute atomic E-state index is 13.4. The van der Waals surface area contributed by atoms with Gasteiger partial charge in [-0.15, -0.1) is 0 Å². The van der Waals surface area contributed by atoms with Crippen molar-refractivity contribution in [3.8, 4) is 16.9 Å². The van der Waals surface area contributed by atoms with Gasteiger partial charge in [0.15, 0.2) is 0 Å². The molecule has 0 aliphatic rings. The predicted octanol–water partition coefficient (Wildman–Crippen LogP) is 7.29. The number of halogens is 3. The van der Waals surface area contributed by atoms with Crippen molar-refractivity contribution < 1.29 is 18.7 Å². The van der Waals surface area contributed by atoms with Crippen LogP contribution >= 0.6 is 39.1 Å². The maximum Gasteiger partial charge on any atom is 0.375 e. The minimum atomic E-state index is -0.719. The predicted molar refractivity (Wildman–Crippen MR) is 132 cm³/mol. The van der Waals surface area contributed by atoms with E-state index in [4.69, 9.17) is 37.1 Å². The molecular formula is C25H17BrCl2O5. The molecule has 0 bridgehead atoms. The molecule has 0 aliphatic heterocycles. The molecule has 5 nitrogen and oxygen atoms in total. The van der Waals surface area contributed by atoms with Gasteiger partial charge in [-0.2, -0.15) is 0 Å². The van der Waals surface area contributed by atoms with Crippen molar-refractivity contribution in [1.29, 1.82) is 0 Å². The molecule has 0 amide bonds. The number of rotatable bonds is 6. The number of fused-ring (bicyclic) bond motifs is 1. The minimum Gasteiger partial charge on any atom is -0.489 e. The lowest BCUT2D eigenvalue weighted by Gasteiger charge is -2.12. The molecule has 4 aromatic rings. The third-order valence-electron chi connectivity index (χ3n) is 4.90. The van der Waals surface area contributed by atoms with Gasteiger partial charge >= 0.3 is 5.97 Å². The lowest BCUT2D eigenvalue weighted by molar-refractivity contribution is 0.0492. The monoisotopic (exact) mass is 546 g/mol. The average Bonchev–Trinajstić information content (AvgIpc) is 2.79. The largest absolute Gasteiger partial charge is 0.489 e. The summed E-state index contributed by atoms with van der Waals surface area (Å²) >= 11 is 15.8. The third kappa shape index (κ3) is 4.93. The van der Waals surface area contributed by atoms with Crippen molar-refractivity contribution in [3.05, 3.63) is 96.7 Å².